The molecule has 3 rings (SSSR count). The minimum atomic E-state index is -2.05. The van der Waals surface area contributed by atoms with Crippen LogP contribution < -0.4 is 5.32 Å². The first kappa shape index (κ1) is 22.3. The maximum atomic E-state index is 12.4. The van der Waals surface area contributed by atoms with Crippen molar-refractivity contribution in [1.82, 2.24) is 10.2 Å². The van der Waals surface area contributed by atoms with Crippen LogP contribution in [0.25, 0.3) is 0 Å². The number of rotatable bonds is 9. The Bertz CT molecular complexity index is 819. The molecule has 3 N–H and O–H groups in total. The Kier molecular flexibility index (Phi) is 7.11. The van der Waals surface area contributed by atoms with Crippen molar-refractivity contribution in [2.24, 2.45) is 0 Å². The van der Waals surface area contributed by atoms with Crippen LogP contribution in [0.4, 0.5) is 0 Å². The van der Waals surface area contributed by atoms with E-state index in [1.165, 1.54) is 0 Å². The van der Waals surface area contributed by atoms with Gasteiger partial charge in [0.25, 0.3) is 5.91 Å². The molecule has 2 saturated heterocycles. The van der Waals surface area contributed by atoms with Crippen molar-refractivity contribution in [3.63, 3.8) is 0 Å². The SMILES string of the molecule is CC1CCC(C(=O)CS[C@@H]2[C@H](NC(=O)Cc3ccccc3)C(=O)N2[C@@H](O)C(=O)O)O1. The third kappa shape index (κ3) is 5.00. The van der Waals surface area contributed by atoms with Gasteiger partial charge < -0.3 is 20.3 Å². The highest BCUT2D eigenvalue weighted by atomic mass is 32.2. The number of hydrogen-bond donors (Lipinski definition) is 3. The highest BCUT2D eigenvalue weighted by Crippen LogP contribution is 2.33. The Morgan fingerprint density at radius 2 is 1.97 bits per heavy atom. The summed E-state index contributed by atoms with van der Waals surface area (Å²) < 4.78 is 5.54. The first-order valence-electron chi connectivity index (χ1n) is 9.64. The first-order chi connectivity index (χ1) is 14.3. The molecule has 2 amide bonds. The number of nitrogens with one attached hydrogen (secondary N) is 1. The number of β-lactam (4-membered cyclic amide) rings is 1. The van der Waals surface area contributed by atoms with Crippen molar-refractivity contribution in [2.45, 2.75) is 56.0 Å². The van der Waals surface area contributed by atoms with E-state index in [1.54, 1.807) is 24.3 Å². The molecule has 0 aromatic heterocycles. The lowest BCUT2D eigenvalue weighted by atomic mass is 10.1. The normalized spacial score (nSPS) is 26.7. The second-order valence-corrected chi connectivity index (χ2v) is 8.45. The molecule has 0 saturated carbocycles. The molecule has 0 bridgehead atoms. The van der Waals surface area contributed by atoms with Gasteiger partial charge in [0.1, 0.15) is 17.5 Å². The molecule has 1 aromatic carbocycles. The summed E-state index contributed by atoms with van der Waals surface area (Å²) in [5.41, 5.74) is 0.760. The van der Waals surface area contributed by atoms with Crippen molar-refractivity contribution >= 4 is 35.3 Å². The smallest absolute Gasteiger partial charge is 0.354 e. The summed E-state index contributed by atoms with van der Waals surface area (Å²) >= 11 is 1.01. The van der Waals surface area contributed by atoms with Gasteiger partial charge >= 0.3 is 5.97 Å². The lowest BCUT2D eigenvalue weighted by molar-refractivity contribution is -0.178. The van der Waals surface area contributed by atoms with Crippen LogP contribution in [0.5, 0.6) is 0 Å². The molecule has 1 aromatic rings. The number of carbonyl (C=O) groups excluding carboxylic acids is 3. The highest BCUT2D eigenvalue weighted by Gasteiger charge is 2.53. The molecule has 2 unspecified atom stereocenters. The fraction of sp³-hybridized carbons (Fsp3) is 0.500. The fourth-order valence-electron chi connectivity index (χ4n) is 3.48. The number of carboxylic acids is 1. The van der Waals surface area contributed by atoms with Gasteiger partial charge in [0.15, 0.2) is 5.78 Å². The van der Waals surface area contributed by atoms with Crippen LogP contribution in [-0.2, 0) is 30.3 Å². The molecule has 162 valence electrons. The van der Waals surface area contributed by atoms with Gasteiger partial charge in [-0.1, -0.05) is 30.3 Å². The zero-order valence-electron chi connectivity index (χ0n) is 16.4. The van der Waals surface area contributed by atoms with Gasteiger partial charge in [-0.05, 0) is 25.3 Å². The van der Waals surface area contributed by atoms with Crippen LogP contribution in [-0.4, -0.2) is 74.3 Å². The molecular weight excluding hydrogens is 412 g/mol. The van der Waals surface area contributed by atoms with Crippen molar-refractivity contribution in [1.29, 1.82) is 0 Å². The molecule has 30 heavy (non-hydrogen) atoms. The number of amides is 2. The van der Waals surface area contributed by atoms with Crippen LogP contribution in [0.15, 0.2) is 30.3 Å². The van der Waals surface area contributed by atoms with Crippen LogP contribution >= 0.6 is 11.8 Å². The molecule has 2 fully saturated rings. The topological polar surface area (TPSA) is 133 Å². The molecule has 10 heteroatoms. The number of aliphatic hydroxyl groups is 1. The second-order valence-electron chi connectivity index (χ2n) is 7.35. The van der Waals surface area contributed by atoms with E-state index in [1.807, 2.05) is 13.0 Å². The molecule has 5 atom stereocenters. The number of thioether (sulfide) groups is 1. The van der Waals surface area contributed by atoms with Crippen LogP contribution in [0, 0.1) is 0 Å². The molecule has 9 nitrogen and oxygen atoms in total. The summed E-state index contributed by atoms with van der Waals surface area (Å²) in [4.78, 5) is 49.1. The molecular formula is C20H24N2O7S. The minimum absolute atomic E-state index is 0.00425. The zero-order chi connectivity index (χ0) is 21.8. The number of aliphatic carboxylic acids is 1. The monoisotopic (exact) mass is 436 g/mol. The minimum Gasteiger partial charge on any atom is -0.478 e. The van der Waals surface area contributed by atoms with Gasteiger partial charge in [0, 0.05) is 0 Å². The molecule has 2 aliphatic heterocycles. The Morgan fingerprint density at radius 3 is 2.57 bits per heavy atom. The number of benzene rings is 1. The van der Waals surface area contributed by atoms with E-state index in [0.717, 1.165) is 28.6 Å². The average molecular weight is 436 g/mol. The molecule has 0 aliphatic carbocycles. The summed E-state index contributed by atoms with van der Waals surface area (Å²) in [6.07, 6.45) is -1.11. The van der Waals surface area contributed by atoms with E-state index in [4.69, 9.17) is 9.84 Å². The lowest BCUT2D eigenvalue weighted by Gasteiger charge is -2.47. The van der Waals surface area contributed by atoms with E-state index in [9.17, 15) is 24.3 Å². The Morgan fingerprint density at radius 1 is 1.27 bits per heavy atom. The van der Waals surface area contributed by atoms with E-state index >= 15 is 0 Å². The maximum absolute atomic E-state index is 12.4. The summed E-state index contributed by atoms with van der Waals surface area (Å²) in [6, 6.07) is 7.93. The van der Waals surface area contributed by atoms with Crippen molar-refractivity contribution in [3.8, 4) is 0 Å². The predicted molar refractivity (Wildman–Crippen MR) is 107 cm³/mol. The van der Waals surface area contributed by atoms with Crippen LogP contribution in [0.3, 0.4) is 0 Å². The van der Waals surface area contributed by atoms with Gasteiger partial charge in [-0.3, -0.25) is 19.3 Å². The molecule has 2 aliphatic rings. The summed E-state index contributed by atoms with van der Waals surface area (Å²) in [6.45, 7) is 1.88. The van der Waals surface area contributed by atoms with E-state index in [2.05, 4.69) is 5.32 Å². The van der Waals surface area contributed by atoms with Gasteiger partial charge in [0.05, 0.1) is 18.3 Å². The van der Waals surface area contributed by atoms with Crippen LogP contribution in [0.1, 0.15) is 25.3 Å². The highest BCUT2D eigenvalue weighted by molar-refractivity contribution is 8.00. The fourth-order valence-corrected chi connectivity index (χ4v) is 4.76. The number of ketones is 1. The van der Waals surface area contributed by atoms with Gasteiger partial charge in [-0.25, -0.2) is 4.79 Å². The summed E-state index contributed by atoms with van der Waals surface area (Å²) in [5, 5.41) is 20.6. The van der Waals surface area contributed by atoms with E-state index < -0.39 is 41.5 Å². The maximum Gasteiger partial charge on any atom is 0.354 e. The van der Waals surface area contributed by atoms with Crippen LogP contribution in [0.2, 0.25) is 0 Å². The quantitative estimate of drug-likeness (QED) is 0.466. The zero-order valence-corrected chi connectivity index (χ0v) is 17.2. The van der Waals surface area contributed by atoms with Gasteiger partial charge in [0.2, 0.25) is 12.1 Å². The number of Topliss-reactive ketones (excluding diaryl/α,β-unsaturated/α-hetero) is 1. The van der Waals surface area contributed by atoms with Crippen molar-refractivity contribution < 1.29 is 34.1 Å². The number of ether oxygens (including phenoxy) is 1. The molecule has 0 radical (unpaired) electrons. The number of nitrogens with zero attached hydrogens (tertiary/aromatic N) is 1. The largest absolute Gasteiger partial charge is 0.478 e. The Balaban J connectivity index is 1.63. The third-order valence-electron chi connectivity index (χ3n) is 5.08. The standard InChI is InChI=1S/C20H24N2O7S/c1-11-7-8-14(29-11)13(23)10-30-19-16(17(25)22(19)18(26)20(27)28)21-15(24)9-12-5-3-2-4-6-12/h2-6,11,14,16,18-19,26H,7-10H2,1H3,(H,21,24)(H,27,28)/t11?,14?,16-,18+,19-/m1/s1. The lowest BCUT2D eigenvalue weighted by Crippen LogP contribution is -2.73. The number of carboxylic acid groups (broad SMARTS) is 1. The summed E-state index contributed by atoms with van der Waals surface area (Å²) in [5.74, 6) is -2.88. The van der Waals surface area contributed by atoms with E-state index in [0.29, 0.717) is 6.42 Å². The van der Waals surface area contributed by atoms with Gasteiger partial charge in [-0.2, -0.15) is 0 Å². The average Bonchev–Trinajstić information content (AvgIpc) is 3.15. The second kappa shape index (κ2) is 9.59. The predicted octanol–water partition coefficient (Wildman–Crippen LogP) is 0.155. The number of hydrogen-bond acceptors (Lipinski definition) is 7. The van der Waals surface area contributed by atoms with Gasteiger partial charge in [-0.15, -0.1) is 11.8 Å². The number of carbonyl (C=O) groups is 4. The third-order valence-corrected chi connectivity index (χ3v) is 6.37. The van der Waals surface area contributed by atoms with E-state index in [-0.39, 0.29) is 24.1 Å². The molecule has 2 heterocycles. The number of likely N-dealkylation sites (tertiary alicyclic amines) is 1. The Hall–Kier alpha value is -2.43. The van der Waals surface area contributed by atoms with Crippen molar-refractivity contribution in [2.75, 3.05) is 5.75 Å². The first-order valence-corrected chi connectivity index (χ1v) is 10.7. The number of aliphatic hydroxyl groups excluding tert-OH is 1. The van der Waals surface area contributed by atoms with Crippen molar-refractivity contribution in [3.05, 3.63) is 35.9 Å². The summed E-state index contributed by atoms with van der Waals surface area (Å²) in [7, 11) is 0. The molecule has 0 spiro atoms. The Labute approximate surface area is 177 Å².